The number of carbonyl (C=O) groups excluding carboxylic acids is 1. The first kappa shape index (κ1) is 14.6. The highest BCUT2D eigenvalue weighted by molar-refractivity contribution is 5.94. The van der Waals surface area contributed by atoms with Crippen LogP contribution in [0.3, 0.4) is 0 Å². The lowest BCUT2D eigenvalue weighted by Crippen LogP contribution is -2.59. The van der Waals surface area contributed by atoms with Gasteiger partial charge in [0.2, 0.25) is 0 Å². The third-order valence-corrected chi connectivity index (χ3v) is 5.38. The minimum atomic E-state index is -0.420. The molecule has 1 aromatic rings. The molecule has 114 valence electrons. The van der Waals surface area contributed by atoms with E-state index < -0.39 is 5.63 Å². The number of hydrogen-bond donors (Lipinski definition) is 1. The second-order valence-electron chi connectivity index (χ2n) is 7.00. The van der Waals surface area contributed by atoms with Crippen molar-refractivity contribution in [2.24, 2.45) is 17.8 Å². The van der Waals surface area contributed by atoms with Crippen molar-refractivity contribution in [3.05, 3.63) is 34.4 Å². The molecule has 4 bridgehead atoms. The summed E-state index contributed by atoms with van der Waals surface area (Å²) in [6.45, 7) is 0. The van der Waals surface area contributed by atoms with Crippen LogP contribution in [0.15, 0.2) is 27.6 Å². The number of carbonyl (C=O) groups is 1. The molecule has 1 aromatic heterocycles. The maximum absolute atomic E-state index is 12.4. The molecule has 1 heterocycles. The Morgan fingerprint density at radius 2 is 1.67 bits per heavy atom. The fourth-order valence-electron chi connectivity index (χ4n) is 5.06. The SMILES string of the molecule is Cl.O=C(NC12CC3CC(CC(C3)C1)C2)c1ccc(=O)oc1. The Labute approximate surface area is 129 Å². The Bertz CT molecular complexity index is 554. The summed E-state index contributed by atoms with van der Waals surface area (Å²) in [7, 11) is 0. The van der Waals surface area contributed by atoms with Crippen LogP contribution in [0.5, 0.6) is 0 Å². The summed E-state index contributed by atoms with van der Waals surface area (Å²) >= 11 is 0. The third kappa shape index (κ3) is 2.61. The third-order valence-electron chi connectivity index (χ3n) is 5.38. The van der Waals surface area contributed by atoms with E-state index in [9.17, 15) is 9.59 Å². The highest BCUT2D eigenvalue weighted by Gasteiger charge is 2.51. The summed E-state index contributed by atoms with van der Waals surface area (Å²) in [4.78, 5) is 23.3. The molecular weight excluding hydrogens is 290 g/mol. The van der Waals surface area contributed by atoms with Crippen LogP contribution in [-0.2, 0) is 0 Å². The van der Waals surface area contributed by atoms with Gasteiger partial charge in [-0.1, -0.05) is 0 Å². The molecule has 0 atom stereocenters. The molecule has 4 aliphatic carbocycles. The second-order valence-corrected chi connectivity index (χ2v) is 7.00. The highest BCUT2D eigenvalue weighted by atomic mass is 35.5. The second kappa shape index (κ2) is 5.16. The molecular formula is C16H20ClNO3. The van der Waals surface area contributed by atoms with Gasteiger partial charge in [0, 0.05) is 11.6 Å². The van der Waals surface area contributed by atoms with Crippen LogP contribution in [0.1, 0.15) is 48.9 Å². The molecule has 5 heteroatoms. The standard InChI is InChI=1S/C16H19NO3.ClH/c18-14-2-1-13(9-20-14)15(19)17-16-6-10-3-11(7-16)5-12(4-10)8-16;/h1-2,9-12H,3-8H2,(H,17,19);1H. The molecule has 0 aromatic carbocycles. The van der Waals surface area contributed by atoms with Crippen molar-refractivity contribution in [2.75, 3.05) is 0 Å². The molecule has 4 aliphatic rings. The normalized spacial score (nSPS) is 36.1. The lowest BCUT2D eigenvalue weighted by Gasteiger charge is -2.56. The fraction of sp³-hybridized carbons (Fsp3) is 0.625. The van der Waals surface area contributed by atoms with Crippen LogP contribution >= 0.6 is 12.4 Å². The quantitative estimate of drug-likeness (QED) is 0.914. The van der Waals surface area contributed by atoms with E-state index in [4.69, 9.17) is 4.42 Å². The summed E-state index contributed by atoms with van der Waals surface area (Å²) in [6.07, 6.45) is 8.71. The van der Waals surface area contributed by atoms with Gasteiger partial charge in [0.15, 0.2) is 0 Å². The summed E-state index contributed by atoms with van der Waals surface area (Å²) in [5.74, 6) is 2.30. The molecule has 5 rings (SSSR count). The molecule has 1 N–H and O–H groups in total. The number of nitrogens with one attached hydrogen (secondary N) is 1. The molecule has 0 radical (unpaired) electrons. The van der Waals surface area contributed by atoms with Crippen LogP contribution in [0, 0.1) is 17.8 Å². The van der Waals surface area contributed by atoms with Crippen LogP contribution in [0.4, 0.5) is 0 Å². The van der Waals surface area contributed by atoms with Crippen molar-refractivity contribution >= 4 is 18.3 Å². The Balaban J connectivity index is 0.00000132. The smallest absolute Gasteiger partial charge is 0.335 e. The van der Waals surface area contributed by atoms with E-state index >= 15 is 0 Å². The molecule has 21 heavy (non-hydrogen) atoms. The number of hydrogen-bond acceptors (Lipinski definition) is 3. The maximum Gasteiger partial charge on any atom is 0.335 e. The lowest BCUT2D eigenvalue weighted by atomic mass is 9.53. The predicted octanol–water partition coefficient (Wildman–Crippen LogP) is 2.76. The van der Waals surface area contributed by atoms with Gasteiger partial charge in [0.25, 0.3) is 5.91 Å². The van der Waals surface area contributed by atoms with Crippen molar-refractivity contribution < 1.29 is 9.21 Å². The number of halogens is 1. The van der Waals surface area contributed by atoms with Crippen LogP contribution in [0.2, 0.25) is 0 Å². The van der Waals surface area contributed by atoms with Crippen molar-refractivity contribution in [1.82, 2.24) is 5.32 Å². The van der Waals surface area contributed by atoms with E-state index in [-0.39, 0.29) is 23.9 Å². The molecule has 4 fully saturated rings. The van der Waals surface area contributed by atoms with Gasteiger partial charge in [0.05, 0.1) is 5.56 Å². The Morgan fingerprint density at radius 3 is 2.14 bits per heavy atom. The fourth-order valence-corrected chi connectivity index (χ4v) is 5.06. The molecule has 0 spiro atoms. The lowest BCUT2D eigenvalue weighted by molar-refractivity contribution is -0.0167. The van der Waals surface area contributed by atoms with Crippen molar-refractivity contribution in [1.29, 1.82) is 0 Å². The molecule has 0 unspecified atom stereocenters. The van der Waals surface area contributed by atoms with E-state index in [2.05, 4.69) is 5.32 Å². The van der Waals surface area contributed by atoms with E-state index in [0.717, 1.165) is 37.0 Å². The van der Waals surface area contributed by atoms with Crippen LogP contribution in [0.25, 0.3) is 0 Å². The zero-order valence-electron chi connectivity index (χ0n) is 11.8. The van der Waals surface area contributed by atoms with Gasteiger partial charge < -0.3 is 9.73 Å². The summed E-state index contributed by atoms with van der Waals surface area (Å²) in [5.41, 5.74) is 0.0267. The highest BCUT2D eigenvalue weighted by Crippen LogP contribution is 2.55. The van der Waals surface area contributed by atoms with E-state index in [1.54, 1.807) is 6.07 Å². The van der Waals surface area contributed by atoms with Crippen LogP contribution < -0.4 is 10.9 Å². The van der Waals surface area contributed by atoms with Gasteiger partial charge in [-0.2, -0.15) is 0 Å². The van der Waals surface area contributed by atoms with Gasteiger partial charge in [0.1, 0.15) is 6.26 Å². The van der Waals surface area contributed by atoms with Gasteiger partial charge in [-0.25, -0.2) is 4.79 Å². The Kier molecular flexibility index (Phi) is 3.60. The Morgan fingerprint density at radius 1 is 1.10 bits per heavy atom. The minimum absolute atomic E-state index is 0. The topological polar surface area (TPSA) is 59.3 Å². The summed E-state index contributed by atoms with van der Waals surface area (Å²) in [5, 5.41) is 3.26. The largest absolute Gasteiger partial charge is 0.430 e. The molecule has 4 nitrogen and oxygen atoms in total. The van der Waals surface area contributed by atoms with Gasteiger partial charge in [-0.15, -0.1) is 12.4 Å². The van der Waals surface area contributed by atoms with Gasteiger partial charge in [-0.05, 0) is 62.3 Å². The zero-order chi connectivity index (χ0) is 13.7. The molecule has 4 saturated carbocycles. The first-order valence-electron chi connectivity index (χ1n) is 7.53. The zero-order valence-corrected chi connectivity index (χ0v) is 12.7. The minimum Gasteiger partial charge on any atom is -0.430 e. The van der Waals surface area contributed by atoms with Crippen molar-refractivity contribution in [3.63, 3.8) is 0 Å². The van der Waals surface area contributed by atoms with E-state index in [1.807, 2.05) is 0 Å². The molecule has 1 amide bonds. The monoisotopic (exact) mass is 309 g/mol. The van der Waals surface area contributed by atoms with Crippen molar-refractivity contribution in [2.45, 2.75) is 44.1 Å². The first-order chi connectivity index (χ1) is 9.62. The Hall–Kier alpha value is -1.29. The van der Waals surface area contributed by atoms with E-state index in [1.165, 1.54) is 31.6 Å². The average Bonchev–Trinajstić information content (AvgIpc) is 2.37. The van der Waals surface area contributed by atoms with Gasteiger partial charge >= 0.3 is 5.63 Å². The molecule has 0 aliphatic heterocycles. The van der Waals surface area contributed by atoms with E-state index in [0.29, 0.717) is 5.56 Å². The van der Waals surface area contributed by atoms with Gasteiger partial charge in [-0.3, -0.25) is 4.79 Å². The predicted molar refractivity (Wildman–Crippen MR) is 80.6 cm³/mol. The van der Waals surface area contributed by atoms with Crippen molar-refractivity contribution in [3.8, 4) is 0 Å². The molecule has 0 saturated heterocycles. The maximum atomic E-state index is 12.4. The van der Waals surface area contributed by atoms with Crippen LogP contribution in [-0.4, -0.2) is 11.4 Å². The summed E-state index contributed by atoms with van der Waals surface area (Å²) < 4.78 is 4.78. The number of amides is 1. The number of rotatable bonds is 2. The first-order valence-corrected chi connectivity index (χ1v) is 7.53. The summed E-state index contributed by atoms with van der Waals surface area (Å²) in [6, 6.07) is 2.84. The average molecular weight is 310 g/mol.